The molecule has 0 fully saturated rings. The second-order valence-electron chi connectivity index (χ2n) is 8.34. The van der Waals surface area contributed by atoms with Gasteiger partial charge in [0.15, 0.2) is 5.82 Å². The van der Waals surface area contributed by atoms with Gasteiger partial charge in [-0.1, -0.05) is 5.16 Å². The number of hydrogen-bond donors (Lipinski definition) is 1. The minimum Gasteiger partial charge on any atom is -0.359 e. The first-order valence-corrected chi connectivity index (χ1v) is 10.4. The quantitative estimate of drug-likeness (QED) is 0.525. The van der Waals surface area contributed by atoms with Crippen molar-refractivity contribution in [3.8, 4) is 0 Å². The summed E-state index contributed by atoms with van der Waals surface area (Å²) in [5, 5.41) is 7.06. The molecule has 0 aliphatic carbocycles. The SMILES string of the molecule is Cc1cc2c(cc1CN1CCc3onc(Nc4cc(F)cc(F)c4)c3C1)n(C)c(=O)n2C. The number of aryl methyl sites for hydroxylation is 3. The van der Waals surface area contributed by atoms with E-state index in [0.29, 0.717) is 25.3 Å². The van der Waals surface area contributed by atoms with Crippen LogP contribution in [0.15, 0.2) is 39.6 Å². The number of halogens is 2. The van der Waals surface area contributed by atoms with E-state index in [-0.39, 0.29) is 11.4 Å². The fraction of sp³-hybridized carbons (Fsp3) is 0.304. The number of aromatic nitrogens is 3. The molecule has 0 bridgehead atoms. The smallest absolute Gasteiger partial charge is 0.328 e. The molecular formula is C23H23F2N5O2. The van der Waals surface area contributed by atoms with Gasteiger partial charge in [0.25, 0.3) is 0 Å². The molecular weight excluding hydrogens is 416 g/mol. The number of imidazole rings is 1. The Morgan fingerprint density at radius 2 is 1.75 bits per heavy atom. The number of benzene rings is 2. The van der Waals surface area contributed by atoms with Crippen molar-refractivity contribution in [2.24, 2.45) is 14.1 Å². The zero-order chi connectivity index (χ0) is 22.6. The molecule has 2 aromatic heterocycles. The van der Waals surface area contributed by atoms with Crippen LogP contribution in [-0.4, -0.2) is 25.7 Å². The highest BCUT2D eigenvalue weighted by molar-refractivity contribution is 5.78. The molecule has 9 heteroatoms. The van der Waals surface area contributed by atoms with Gasteiger partial charge < -0.3 is 9.84 Å². The van der Waals surface area contributed by atoms with Crippen LogP contribution in [0.4, 0.5) is 20.3 Å². The first-order valence-electron chi connectivity index (χ1n) is 10.4. The fourth-order valence-electron chi connectivity index (χ4n) is 4.37. The zero-order valence-electron chi connectivity index (χ0n) is 18.1. The summed E-state index contributed by atoms with van der Waals surface area (Å²) in [4.78, 5) is 14.6. The molecule has 1 aliphatic rings. The number of hydrogen-bond acceptors (Lipinski definition) is 5. The molecule has 0 spiro atoms. The average molecular weight is 439 g/mol. The summed E-state index contributed by atoms with van der Waals surface area (Å²) in [6.45, 7) is 4.13. The Balaban J connectivity index is 1.40. The van der Waals surface area contributed by atoms with E-state index in [4.69, 9.17) is 4.52 Å². The van der Waals surface area contributed by atoms with Crippen LogP contribution in [0, 0.1) is 18.6 Å². The third kappa shape index (κ3) is 3.48. The normalized spacial score (nSPS) is 14.2. The van der Waals surface area contributed by atoms with E-state index in [9.17, 15) is 13.6 Å². The number of nitrogens with one attached hydrogen (secondary N) is 1. The van der Waals surface area contributed by atoms with Gasteiger partial charge in [0.2, 0.25) is 0 Å². The van der Waals surface area contributed by atoms with Crippen LogP contribution in [0.3, 0.4) is 0 Å². The predicted molar refractivity (Wildman–Crippen MR) is 117 cm³/mol. The van der Waals surface area contributed by atoms with E-state index in [0.717, 1.165) is 46.1 Å². The van der Waals surface area contributed by atoms with Crippen molar-refractivity contribution in [1.82, 2.24) is 19.2 Å². The van der Waals surface area contributed by atoms with E-state index in [1.54, 1.807) is 23.2 Å². The molecule has 32 heavy (non-hydrogen) atoms. The van der Waals surface area contributed by atoms with Gasteiger partial charge >= 0.3 is 5.69 Å². The minimum atomic E-state index is -0.660. The number of rotatable bonds is 4. The van der Waals surface area contributed by atoms with Crippen molar-refractivity contribution >= 4 is 22.5 Å². The number of fused-ring (bicyclic) bond motifs is 2. The van der Waals surface area contributed by atoms with Crippen molar-refractivity contribution < 1.29 is 13.3 Å². The second kappa shape index (κ2) is 7.59. The maximum absolute atomic E-state index is 13.5. The third-order valence-corrected chi connectivity index (χ3v) is 6.16. The number of anilines is 2. The summed E-state index contributed by atoms with van der Waals surface area (Å²) in [6.07, 6.45) is 0.687. The Labute approximate surface area is 182 Å². The summed E-state index contributed by atoms with van der Waals surface area (Å²) in [5.41, 5.74) is 5.18. The molecule has 0 unspecified atom stereocenters. The summed E-state index contributed by atoms with van der Waals surface area (Å²) < 4.78 is 35.9. The maximum atomic E-state index is 13.5. The van der Waals surface area contributed by atoms with Gasteiger partial charge in [0.05, 0.1) is 16.6 Å². The van der Waals surface area contributed by atoms with Crippen LogP contribution in [0.2, 0.25) is 0 Å². The van der Waals surface area contributed by atoms with Crippen molar-refractivity contribution in [2.75, 3.05) is 11.9 Å². The summed E-state index contributed by atoms with van der Waals surface area (Å²) in [5.74, 6) is -0.0778. The molecule has 5 rings (SSSR count). The van der Waals surface area contributed by atoms with Crippen LogP contribution < -0.4 is 11.0 Å². The predicted octanol–water partition coefficient (Wildman–Crippen LogP) is 3.75. The molecule has 2 aromatic carbocycles. The number of nitrogens with zero attached hydrogens (tertiary/aromatic N) is 4. The lowest BCUT2D eigenvalue weighted by Gasteiger charge is -2.26. The summed E-state index contributed by atoms with van der Waals surface area (Å²) in [6, 6.07) is 7.38. The van der Waals surface area contributed by atoms with Crippen LogP contribution >= 0.6 is 0 Å². The lowest BCUT2D eigenvalue weighted by atomic mass is 10.0. The third-order valence-electron chi connectivity index (χ3n) is 6.16. The molecule has 1 N–H and O–H groups in total. The molecule has 1 aliphatic heterocycles. The van der Waals surface area contributed by atoms with Gasteiger partial charge in [-0.05, 0) is 42.3 Å². The molecule has 0 saturated carbocycles. The molecule has 0 saturated heterocycles. The highest BCUT2D eigenvalue weighted by atomic mass is 19.1. The van der Waals surface area contributed by atoms with Crippen LogP contribution in [0.25, 0.3) is 11.0 Å². The standard InChI is InChI=1S/C23H23F2N5O2/c1-13-6-19-20(29(3)23(31)28(19)2)7-14(13)11-30-5-4-21-18(12-30)22(27-32-21)26-17-9-15(24)8-16(25)10-17/h6-10H,4-5,11-12H2,1-3H3,(H,26,27). The maximum Gasteiger partial charge on any atom is 0.328 e. The lowest BCUT2D eigenvalue weighted by Crippen LogP contribution is -2.30. The fourth-order valence-corrected chi connectivity index (χ4v) is 4.37. The van der Waals surface area contributed by atoms with E-state index in [2.05, 4.69) is 21.4 Å². The molecule has 7 nitrogen and oxygen atoms in total. The monoisotopic (exact) mass is 439 g/mol. The lowest BCUT2D eigenvalue weighted by molar-refractivity contribution is 0.228. The first-order chi connectivity index (χ1) is 15.3. The summed E-state index contributed by atoms with van der Waals surface area (Å²) >= 11 is 0. The Bertz CT molecular complexity index is 1380. The highest BCUT2D eigenvalue weighted by Crippen LogP contribution is 2.30. The summed E-state index contributed by atoms with van der Waals surface area (Å²) in [7, 11) is 3.56. The molecule has 0 radical (unpaired) electrons. The second-order valence-corrected chi connectivity index (χ2v) is 8.34. The first kappa shape index (κ1) is 20.4. The van der Waals surface area contributed by atoms with Gasteiger partial charge in [0.1, 0.15) is 17.4 Å². The molecule has 3 heterocycles. The van der Waals surface area contributed by atoms with Gasteiger partial charge in [-0.3, -0.25) is 14.0 Å². The Kier molecular flexibility index (Phi) is 4.85. The van der Waals surface area contributed by atoms with Crippen LogP contribution in [0.5, 0.6) is 0 Å². The zero-order valence-corrected chi connectivity index (χ0v) is 18.1. The molecule has 0 amide bonds. The minimum absolute atomic E-state index is 0.0480. The average Bonchev–Trinajstić information content (AvgIpc) is 3.22. The van der Waals surface area contributed by atoms with Crippen molar-refractivity contribution in [3.63, 3.8) is 0 Å². The van der Waals surface area contributed by atoms with Gasteiger partial charge in [-0.2, -0.15) is 0 Å². The van der Waals surface area contributed by atoms with E-state index >= 15 is 0 Å². The molecule has 166 valence electrons. The van der Waals surface area contributed by atoms with Crippen LogP contribution in [-0.2, 0) is 33.6 Å². The Morgan fingerprint density at radius 3 is 2.47 bits per heavy atom. The Hall–Kier alpha value is -3.46. The van der Waals surface area contributed by atoms with E-state index in [1.165, 1.54) is 12.1 Å². The van der Waals surface area contributed by atoms with Gasteiger partial charge in [-0.15, -0.1) is 0 Å². The topological polar surface area (TPSA) is 68.2 Å². The van der Waals surface area contributed by atoms with Gasteiger partial charge in [-0.25, -0.2) is 13.6 Å². The van der Waals surface area contributed by atoms with Crippen molar-refractivity contribution in [2.45, 2.75) is 26.4 Å². The molecule has 0 atom stereocenters. The molecule has 4 aromatic rings. The van der Waals surface area contributed by atoms with E-state index < -0.39 is 11.6 Å². The van der Waals surface area contributed by atoms with Crippen molar-refractivity contribution in [1.29, 1.82) is 0 Å². The highest BCUT2D eigenvalue weighted by Gasteiger charge is 2.25. The largest absolute Gasteiger partial charge is 0.359 e. The van der Waals surface area contributed by atoms with Crippen molar-refractivity contribution in [3.05, 3.63) is 74.9 Å². The van der Waals surface area contributed by atoms with Gasteiger partial charge in [0, 0.05) is 51.9 Å². The van der Waals surface area contributed by atoms with E-state index in [1.807, 2.05) is 13.0 Å². The Morgan fingerprint density at radius 1 is 1.06 bits per heavy atom. The van der Waals surface area contributed by atoms with Crippen LogP contribution in [0.1, 0.15) is 22.5 Å².